The highest BCUT2D eigenvalue weighted by Gasteiger charge is 2.56. The van der Waals surface area contributed by atoms with Crippen LogP contribution in [0, 0.1) is 16.7 Å². The number of likely N-dealkylation sites (N-methyl/N-ethyl adjacent to an activating group) is 1. The van der Waals surface area contributed by atoms with Gasteiger partial charge in [0.2, 0.25) is 23.5 Å². The lowest BCUT2D eigenvalue weighted by Gasteiger charge is -2.37. The van der Waals surface area contributed by atoms with Crippen LogP contribution >= 0.6 is 11.6 Å². The number of nitrogens with zero attached hydrogens (tertiary/aromatic N) is 2. The molecular weight excluding hydrogens is 638 g/mol. The first kappa shape index (κ1) is 35.8. The van der Waals surface area contributed by atoms with E-state index in [0.717, 1.165) is 31.2 Å². The molecule has 48 heavy (non-hydrogen) atoms. The summed E-state index contributed by atoms with van der Waals surface area (Å²) < 4.78 is 5.49. The summed E-state index contributed by atoms with van der Waals surface area (Å²) in [5, 5.41) is 13.1. The normalized spacial score (nSPS) is 24.7. The Bertz CT molecular complexity index is 1470. The number of rotatable bonds is 11. The van der Waals surface area contributed by atoms with Gasteiger partial charge in [0, 0.05) is 50.1 Å². The van der Waals surface area contributed by atoms with Crippen molar-refractivity contribution in [1.29, 1.82) is 0 Å². The number of likely N-dealkylation sites (tertiary alicyclic amines) is 1. The van der Waals surface area contributed by atoms with E-state index >= 15 is 0 Å². The fourth-order valence-corrected chi connectivity index (χ4v) is 7.07. The Morgan fingerprint density at radius 1 is 1.10 bits per heavy atom. The summed E-state index contributed by atoms with van der Waals surface area (Å²) in [5.74, 6) is -2.51. The topological polar surface area (TPSA) is 156 Å². The van der Waals surface area contributed by atoms with Crippen molar-refractivity contribution in [3.63, 3.8) is 0 Å². The van der Waals surface area contributed by atoms with Gasteiger partial charge in [-0.3, -0.25) is 24.0 Å². The minimum Gasteiger partial charge on any atom is -0.387 e. The van der Waals surface area contributed by atoms with Crippen LogP contribution in [0.3, 0.4) is 0 Å². The lowest BCUT2D eigenvalue weighted by molar-refractivity contribution is -0.145. The minimum absolute atomic E-state index is 0.0334. The average molecular weight is 686 g/mol. The fourth-order valence-electron chi connectivity index (χ4n) is 6.87. The van der Waals surface area contributed by atoms with Crippen LogP contribution in [0.25, 0.3) is 0 Å². The molecule has 0 aromatic heterocycles. The van der Waals surface area contributed by atoms with Gasteiger partial charge >= 0.3 is 0 Å². The monoisotopic (exact) mass is 685 g/mol. The molecular formula is C35H48ClN5O7. The number of ketones is 1. The van der Waals surface area contributed by atoms with Gasteiger partial charge < -0.3 is 30.4 Å². The van der Waals surface area contributed by atoms with Crippen LogP contribution in [0.15, 0.2) is 29.4 Å². The molecule has 3 N–H and O–H groups in total. The van der Waals surface area contributed by atoms with Crippen LogP contribution in [0.4, 0.5) is 0 Å². The molecule has 12 nitrogen and oxygen atoms in total. The maximum atomic E-state index is 14.6. The van der Waals surface area contributed by atoms with Gasteiger partial charge in [-0.25, -0.2) is 0 Å². The molecule has 1 saturated carbocycles. The van der Waals surface area contributed by atoms with Crippen LogP contribution in [0.5, 0.6) is 0 Å². The third kappa shape index (κ3) is 8.37. The highest BCUT2D eigenvalue weighted by molar-refractivity contribution is 6.38. The number of oxime groups is 1. The number of carbonyl (C=O) groups excluding carboxylic acids is 5. The van der Waals surface area contributed by atoms with E-state index in [4.69, 9.17) is 21.2 Å². The first-order valence-corrected chi connectivity index (χ1v) is 17.2. The second kappa shape index (κ2) is 14.2. The van der Waals surface area contributed by atoms with Crippen LogP contribution in [-0.4, -0.2) is 90.6 Å². The summed E-state index contributed by atoms with van der Waals surface area (Å²) in [6, 6.07) is 4.19. The molecule has 3 aliphatic heterocycles. The van der Waals surface area contributed by atoms with Crippen LogP contribution in [0.1, 0.15) is 84.6 Å². The van der Waals surface area contributed by atoms with E-state index in [1.807, 2.05) is 32.9 Å². The maximum Gasteiger partial charge on any atom is 0.289 e. The zero-order valence-corrected chi connectivity index (χ0v) is 29.3. The minimum atomic E-state index is -1.04. The number of hydrogen-bond donors (Lipinski definition) is 3. The number of carbonyl (C=O) groups is 5. The first-order chi connectivity index (χ1) is 22.6. The lowest BCUT2D eigenvalue weighted by atomic mass is 9.78. The van der Waals surface area contributed by atoms with Crippen molar-refractivity contribution < 1.29 is 33.5 Å². The number of ether oxygens (including phenoxy) is 1. The Labute approximate surface area is 287 Å². The summed E-state index contributed by atoms with van der Waals surface area (Å²) in [4.78, 5) is 75.0. The summed E-state index contributed by atoms with van der Waals surface area (Å²) in [6.45, 7) is 8.86. The molecule has 5 rings (SSSR count). The molecule has 262 valence electrons. The summed E-state index contributed by atoms with van der Waals surface area (Å²) in [7, 11) is 1.37. The Hall–Kier alpha value is -3.51. The molecule has 2 saturated heterocycles. The van der Waals surface area contributed by atoms with Crippen LogP contribution in [0.2, 0.25) is 5.02 Å². The second-order valence-electron chi connectivity index (χ2n) is 15.3. The molecule has 0 radical (unpaired) electrons. The van der Waals surface area contributed by atoms with Crippen molar-refractivity contribution in [1.82, 2.24) is 20.9 Å². The molecule has 1 aliphatic carbocycles. The molecule has 4 atom stereocenters. The molecule has 1 aromatic carbocycles. The van der Waals surface area contributed by atoms with Crippen molar-refractivity contribution in [3.05, 3.63) is 34.9 Å². The summed E-state index contributed by atoms with van der Waals surface area (Å²) >= 11 is 6.24. The molecule has 1 aromatic rings. The highest BCUT2D eigenvalue weighted by atomic mass is 35.5. The highest BCUT2D eigenvalue weighted by Crippen LogP contribution is 2.41. The Morgan fingerprint density at radius 2 is 1.81 bits per heavy atom. The Balaban J connectivity index is 1.40. The summed E-state index contributed by atoms with van der Waals surface area (Å²) in [5.41, 5.74) is -0.560. The van der Waals surface area contributed by atoms with Crippen molar-refractivity contribution in [2.24, 2.45) is 21.9 Å². The van der Waals surface area contributed by atoms with Crippen LogP contribution in [-0.2, 0) is 33.5 Å². The van der Waals surface area contributed by atoms with Gasteiger partial charge in [-0.05, 0) is 48.1 Å². The van der Waals surface area contributed by atoms with Gasteiger partial charge in [0.25, 0.3) is 5.91 Å². The first-order valence-electron chi connectivity index (χ1n) is 16.9. The van der Waals surface area contributed by atoms with E-state index in [2.05, 4.69) is 28.0 Å². The standard InChI is InChI=1S/C35H48ClN5O7/c1-33(2,3)29(39-27(42)19-34(4)11-13-47-14-12-34)32(46)41-20-35(17-25(40-48-35)22-7-6-8-23(36)16-22)18-26(41)30(44)38-24(15-21-9-10-21)28(43)31(45)37-5/h6-8,16,21,24,26,29H,9-15,17-20H2,1-5H3,(H,37,45)(H,38,44)(H,39,42)/t24-,26-,29+,35+/m0/s1. The van der Waals surface area contributed by atoms with Crippen molar-refractivity contribution in [3.8, 4) is 0 Å². The van der Waals surface area contributed by atoms with E-state index in [9.17, 15) is 24.0 Å². The second-order valence-corrected chi connectivity index (χ2v) is 15.8. The van der Waals surface area contributed by atoms with E-state index in [1.165, 1.54) is 11.9 Å². The number of nitrogens with one attached hydrogen (secondary N) is 3. The quantitative estimate of drug-likeness (QED) is 0.302. The van der Waals surface area contributed by atoms with Gasteiger partial charge in [-0.1, -0.05) is 69.4 Å². The molecule has 3 heterocycles. The third-order valence-electron chi connectivity index (χ3n) is 10.0. The van der Waals surface area contributed by atoms with Crippen molar-refractivity contribution >= 4 is 46.7 Å². The SMILES string of the molecule is CNC(=O)C(=O)[C@H](CC1CC1)NC(=O)[C@@H]1C[C@]2(CC(c3cccc(Cl)c3)=NO2)CN1C(=O)[C@@H](NC(=O)CC1(C)CCOCC1)C(C)(C)C. The Morgan fingerprint density at radius 3 is 2.44 bits per heavy atom. The number of amides is 4. The molecule has 4 amide bonds. The predicted octanol–water partition coefficient (Wildman–Crippen LogP) is 3.14. The number of hydrogen-bond acceptors (Lipinski definition) is 8. The van der Waals surface area contributed by atoms with Crippen molar-refractivity contribution in [2.75, 3.05) is 26.8 Å². The number of benzene rings is 1. The van der Waals surface area contributed by atoms with Gasteiger partial charge in [0.15, 0.2) is 5.60 Å². The average Bonchev–Trinajstić information content (AvgIpc) is 3.63. The lowest BCUT2D eigenvalue weighted by Crippen LogP contribution is -2.59. The van der Waals surface area contributed by atoms with E-state index in [0.29, 0.717) is 36.8 Å². The molecule has 0 unspecified atom stereocenters. The molecule has 0 bridgehead atoms. The Kier molecular flexibility index (Phi) is 10.6. The van der Waals surface area contributed by atoms with E-state index in [1.54, 1.807) is 12.1 Å². The van der Waals surface area contributed by atoms with Gasteiger partial charge in [0.05, 0.1) is 18.3 Å². The maximum absolute atomic E-state index is 14.6. The van der Waals surface area contributed by atoms with Gasteiger partial charge in [-0.15, -0.1) is 0 Å². The van der Waals surface area contributed by atoms with Crippen molar-refractivity contribution in [2.45, 2.75) is 103 Å². The number of halogens is 1. The predicted molar refractivity (Wildman–Crippen MR) is 179 cm³/mol. The zero-order valence-electron chi connectivity index (χ0n) is 28.5. The largest absolute Gasteiger partial charge is 0.387 e. The van der Waals surface area contributed by atoms with Crippen LogP contribution < -0.4 is 16.0 Å². The van der Waals surface area contributed by atoms with Gasteiger partial charge in [-0.2, -0.15) is 0 Å². The number of Topliss-reactive ketones (excluding diaryl/α,β-unsaturated/α-hetero) is 1. The fraction of sp³-hybridized carbons (Fsp3) is 0.657. The summed E-state index contributed by atoms with van der Waals surface area (Å²) in [6.07, 6.45) is 4.33. The molecule has 3 fully saturated rings. The van der Waals surface area contributed by atoms with E-state index < -0.39 is 52.6 Å². The molecule has 4 aliphatic rings. The smallest absolute Gasteiger partial charge is 0.289 e. The zero-order chi connectivity index (χ0) is 34.9. The van der Waals surface area contributed by atoms with Gasteiger partial charge in [0.1, 0.15) is 12.1 Å². The molecule has 1 spiro atoms. The third-order valence-corrected chi connectivity index (χ3v) is 10.3. The molecule has 13 heteroatoms. The van der Waals surface area contributed by atoms with E-state index in [-0.39, 0.29) is 36.6 Å².